The number of nitrogens with zero attached hydrogens (tertiary/aromatic N) is 5. The highest BCUT2D eigenvalue weighted by atomic mass is 32.2. The predicted octanol–water partition coefficient (Wildman–Crippen LogP) is 3.13. The Bertz CT molecular complexity index is 954. The molecule has 0 saturated carbocycles. The fourth-order valence-corrected chi connectivity index (χ4v) is 4.26. The number of carbonyl (C=O) groups excluding carboxylic acids is 1. The number of aryl methyl sites for hydroxylation is 2. The summed E-state index contributed by atoms with van der Waals surface area (Å²) in [5.41, 5.74) is 2.99. The highest BCUT2D eigenvalue weighted by Crippen LogP contribution is 2.33. The van der Waals surface area contributed by atoms with Crippen molar-refractivity contribution in [1.82, 2.24) is 24.4 Å². The van der Waals surface area contributed by atoms with Crippen LogP contribution in [0.2, 0.25) is 0 Å². The number of hydrogen-bond donors (Lipinski definition) is 0. The lowest BCUT2D eigenvalue weighted by molar-refractivity contribution is -0.129. The minimum Gasteiger partial charge on any atom is -0.332 e. The van der Waals surface area contributed by atoms with Crippen LogP contribution in [0.3, 0.4) is 0 Å². The van der Waals surface area contributed by atoms with Crippen LogP contribution in [0.15, 0.2) is 41.7 Å². The van der Waals surface area contributed by atoms with Crippen LogP contribution in [-0.2, 0) is 11.8 Å². The SMILES string of the molecule is Cc1ccnc(SCC(=O)N2CCCC2c2nc3ccccc3n2C)n1. The van der Waals surface area contributed by atoms with E-state index in [4.69, 9.17) is 4.98 Å². The van der Waals surface area contributed by atoms with Crippen LogP contribution in [0, 0.1) is 6.92 Å². The number of thioether (sulfide) groups is 1. The van der Waals surface area contributed by atoms with Gasteiger partial charge in [0.1, 0.15) is 5.82 Å². The van der Waals surface area contributed by atoms with Gasteiger partial charge in [0.2, 0.25) is 5.91 Å². The summed E-state index contributed by atoms with van der Waals surface area (Å²) in [7, 11) is 2.03. The number of amides is 1. The van der Waals surface area contributed by atoms with Crippen molar-refractivity contribution in [3.8, 4) is 0 Å². The summed E-state index contributed by atoms with van der Waals surface area (Å²) in [5.74, 6) is 1.44. The van der Waals surface area contributed by atoms with E-state index in [0.29, 0.717) is 10.9 Å². The van der Waals surface area contributed by atoms with Gasteiger partial charge < -0.3 is 9.47 Å². The van der Waals surface area contributed by atoms with E-state index in [9.17, 15) is 4.79 Å². The van der Waals surface area contributed by atoms with Gasteiger partial charge in [0, 0.05) is 25.5 Å². The molecule has 0 N–H and O–H groups in total. The molecule has 3 heterocycles. The molecular formula is C19H21N5OS. The number of imidazole rings is 1. The number of carbonyl (C=O) groups is 1. The Morgan fingerprint density at radius 1 is 1.27 bits per heavy atom. The Morgan fingerprint density at radius 3 is 2.92 bits per heavy atom. The monoisotopic (exact) mass is 367 g/mol. The highest BCUT2D eigenvalue weighted by molar-refractivity contribution is 7.99. The Morgan fingerprint density at radius 2 is 2.12 bits per heavy atom. The van der Waals surface area contributed by atoms with Crippen LogP contribution in [0.4, 0.5) is 0 Å². The minimum absolute atomic E-state index is 0.0407. The molecule has 3 aromatic rings. The average molecular weight is 367 g/mol. The molecule has 1 atom stereocenters. The standard InChI is InChI=1S/C19H21N5OS/c1-13-9-10-20-19(21-13)26-12-17(25)24-11-5-8-16(24)18-22-14-6-3-4-7-15(14)23(18)2/h3-4,6-7,9-10,16H,5,8,11-12H2,1-2H3. The Kier molecular flexibility index (Phi) is 4.63. The third-order valence-electron chi connectivity index (χ3n) is 4.79. The van der Waals surface area contributed by atoms with Crippen LogP contribution in [0.5, 0.6) is 0 Å². The smallest absolute Gasteiger partial charge is 0.233 e. The van der Waals surface area contributed by atoms with Crippen molar-refractivity contribution >= 4 is 28.7 Å². The largest absolute Gasteiger partial charge is 0.332 e. The van der Waals surface area contributed by atoms with Gasteiger partial charge >= 0.3 is 0 Å². The molecule has 0 spiro atoms. The molecule has 1 amide bonds. The molecule has 1 aliphatic rings. The summed E-state index contributed by atoms with van der Waals surface area (Å²) in [4.78, 5) is 28.2. The van der Waals surface area contributed by atoms with Gasteiger partial charge in [-0.3, -0.25) is 4.79 Å². The van der Waals surface area contributed by atoms with Crippen LogP contribution >= 0.6 is 11.8 Å². The highest BCUT2D eigenvalue weighted by Gasteiger charge is 2.33. The molecule has 6 nitrogen and oxygen atoms in total. The predicted molar refractivity (Wildman–Crippen MR) is 102 cm³/mol. The molecule has 1 saturated heterocycles. The van der Waals surface area contributed by atoms with E-state index in [2.05, 4.69) is 20.6 Å². The third-order valence-corrected chi connectivity index (χ3v) is 5.64. The fourth-order valence-electron chi connectivity index (χ4n) is 3.50. The van der Waals surface area contributed by atoms with E-state index in [0.717, 1.165) is 41.9 Å². The van der Waals surface area contributed by atoms with Crippen LogP contribution < -0.4 is 0 Å². The molecule has 1 aromatic carbocycles. The lowest BCUT2D eigenvalue weighted by atomic mass is 10.2. The summed E-state index contributed by atoms with van der Waals surface area (Å²) in [6.45, 7) is 2.71. The van der Waals surface area contributed by atoms with Gasteiger partial charge in [-0.15, -0.1) is 0 Å². The van der Waals surface area contributed by atoms with Crippen molar-refractivity contribution in [2.45, 2.75) is 31.0 Å². The third kappa shape index (κ3) is 3.19. The van der Waals surface area contributed by atoms with Crippen molar-refractivity contribution in [2.24, 2.45) is 7.05 Å². The van der Waals surface area contributed by atoms with Gasteiger partial charge in [-0.25, -0.2) is 15.0 Å². The Labute approximate surface area is 156 Å². The summed E-state index contributed by atoms with van der Waals surface area (Å²) in [5, 5.41) is 0.650. The number of rotatable bonds is 4. The average Bonchev–Trinajstić information content (AvgIpc) is 3.25. The summed E-state index contributed by atoms with van der Waals surface area (Å²) in [6.07, 6.45) is 3.69. The summed E-state index contributed by atoms with van der Waals surface area (Å²) in [6, 6.07) is 9.99. The number of likely N-dealkylation sites (tertiary alicyclic amines) is 1. The van der Waals surface area contributed by atoms with E-state index >= 15 is 0 Å². The molecule has 1 aliphatic heterocycles. The molecule has 0 aliphatic carbocycles. The maximum Gasteiger partial charge on any atom is 0.233 e. The van der Waals surface area contributed by atoms with Crippen LogP contribution in [0.1, 0.15) is 30.4 Å². The zero-order chi connectivity index (χ0) is 18.1. The van der Waals surface area contributed by atoms with E-state index in [1.54, 1.807) is 6.20 Å². The van der Waals surface area contributed by atoms with Gasteiger partial charge in [0.15, 0.2) is 5.16 Å². The first-order valence-corrected chi connectivity index (χ1v) is 9.75. The van der Waals surface area contributed by atoms with Crippen molar-refractivity contribution < 1.29 is 4.79 Å². The van der Waals surface area contributed by atoms with E-state index < -0.39 is 0 Å². The van der Waals surface area contributed by atoms with E-state index in [1.165, 1.54) is 11.8 Å². The maximum absolute atomic E-state index is 12.8. The molecule has 4 rings (SSSR count). The fraction of sp³-hybridized carbons (Fsp3) is 0.368. The minimum atomic E-state index is 0.0407. The van der Waals surface area contributed by atoms with Crippen molar-refractivity contribution in [2.75, 3.05) is 12.3 Å². The zero-order valence-electron chi connectivity index (χ0n) is 14.9. The first-order valence-electron chi connectivity index (χ1n) is 8.77. The number of fused-ring (bicyclic) bond motifs is 1. The molecule has 134 valence electrons. The zero-order valence-corrected chi connectivity index (χ0v) is 15.7. The van der Waals surface area contributed by atoms with Crippen LogP contribution in [-0.4, -0.2) is 42.6 Å². The molecule has 2 aromatic heterocycles. The molecule has 1 fully saturated rings. The Hall–Kier alpha value is -2.41. The van der Waals surface area contributed by atoms with Crippen LogP contribution in [0.25, 0.3) is 11.0 Å². The number of benzene rings is 1. The second kappa shape index (κ2) is 7.07. The Balaban J connectivity index is 1.52. The molecule has 0 radical (unpaired) electrons. The van der Waals surface area contributed by atoms with Gasteiger partial charge in [0.25, 0.3) is 0 Å². The molecule has 7 heteroatoms. The lowest BCUT2D eigenvalue weighted by Crippen LogP contribution is -2.33. The molecule has 0 bridgehead atoms. The summed E-state index contributed by atoms with van der Waals surface area (Å²) < 4.78 is 2.11. The van der Waals surface area contributed by atoms with E-state index in [-0.39, 0.29) is 11.9 Å². The summed E-state index contributed by atoms with van der Waals surface area (Å²) >= 11 is 1.40. The van der Waals surface area contributed by atoms with E-state index in [1.807, 2.05) is 43.1 Å². The first kappa shape index (κ1) is 17.0. The number of aromatic nitrogens is 4. The topological polar surface area (TPSA) is 63.9 Å². The normalized spacial score (nSPS) is 17.2. The maximum atomic E-state index is 12.8. The number of para-hydroxylation sites is 2. The first-order chi connectivity index (χ1) is 12.6. The second-order valence-electron chi connectivity index (χ2n) is 6.53. The molecule has 1 unspecified atom stereocenters. The lowest BCUT2D eigenvalue weighted by Gasteiger charge is -2.24. The van der Waals surface area contributed by atoms with Crippen molar-refractivity contribution in [3.63, 3.8) is 0 Å². The number of hydrogen-bond acceptors (Lipinski definition) is 5. The van der Waals surface area contributed by atoms with Crippen molar-refractivity contribution in [1.29, 1.82) is 0 Å². The van der Waals surface area contributed by atoms with Gasteiger partial charge in [-0.2, -0.15) is 0 Å². The van der Waals surface area contributed by atoms with Crippen molar-refractivity contribution in [3.05, 3.63) is 48.0 Å². The molecular weight excluding hydrogens is 346 g/mol. The van der Waals surface area contributed by atoms with Gasteiger partial charge in [0.05, 0.1) is 22.8 Å². The van der Waals surface area contributed by atoms with Gasteiger partial charge in [-0.05, 0) is 38.0 Å². The van der Waals surface area contributed by atoms with Gasteiger partial charge in [-0.1, -0.05) is 23.9 Å². The second-order valence-corrected chi connectivity index (χ2v) is 7.47. The quantitative estimate of drug-likeness (QED) is 0.524. The molecule has 26 heavy (non-hydrogen) atoms.